The Hall–Kier alpha value is -2.11. The molecule has 0 radical (unpaired) electrons. The minimum Gasteiger partial charge on any atom is -0.352 e. The van der Waals surface area contributed by atoms with Crippen molar-refractivity contribution >= 4 is 5.91 Å². The fraction of sp³-hybridized carbons (Fsp3) is 0.462. The van der Waals surface area contributed by atoms with Gasteiger partial charge in [0, 0.05) is 32.0 Å². The highest BCUT2D eigenvalue weighted by Crippen LogP contribution is 1.98. The molecule has 0 spiro atoms. The topological polar surface area (TPSA) is 64.7 Å². The molecule has 19 heavy (non-hydrogen) atoms. The highest BCUT2D eigenvalue weighted by atomic mass is 16.1. The van der Waals surface area contributed by atoms with Crippen LogP contribution in [0.15, 0.2) is 24.8 Å². The van der Waals surface area contributed by atoms with Crippen molar-refractivity contribution in [3.63, 3.8) is 0 Å². The van der Waals surface area contributed by atoms with Gasteiger partial charge in [-0.3, -0.25) is 14.2 Å². The molecule has 0 aliphatic heterocycles. The smallest absolute Gasteiger partial charge is 0.254 e. The number of hydrogen-bond donors (Lipinski definition) is 1. The van der Waals surface area contributed by atoms with Crippen LogP contribution in [0.1, 0.15) is 29.3 Å². The van der Waals surface area contributed by atoms with Crippen molar-refractivity contribution in [3.05, 3.63) is 35.9 Å². The minimum atomic E-state index is -0.0728. The standard InChI is InChI=1S/C13H19N5O/c1-3-17-10-12(8-16-17)13(19)14-5-4-6-18-9-11(2)7-15-18/h7-10H,3-6H2,1-2H3,(H,14,19). The van der Waals surface area contributed by atoms with E-state index in [1.165, 1.54) is 0 Å². The van der Waals surface area contributed by atoms with E-state index in [-0.39, 0.29) is 5.91 Å². The van der Waals surface area contributed by atoms with Gasteiger partial charge in [0.25, 0.3) is 5.91 Å². The molecule has 2 aromatic heterocycles. The van der Waals surface area contributed by atoms with Crippen LogP contribution in [0.4, 0.5) is 0 Å². The van der Waals surface area contributed by atoms with E-state index in [1.54, 1.807) is 17.1 Å². The Morgan fingerprint density at radius 3 is 2.68 bits per heavy atom. The van der Waals surface area contributed by atoms with Gasteiger partial charge in [0.05, 0.1) is 18.0 Å². The molecule has 1 amide bonds. The van der Waals surface area contributed by atoms with Gasteiger partial charge in [0.15, 0.2) is 0 Å². The number of aromatic nitrogens is 4. The molecule has 0 atom stereocenters. The van der Waals surface area contributed by atoms with Crippen LogP contribution in [0.5, 0.6) is 0 Å². The number of nitrogens with one attached hydrogen (secondary N) is 1. The Kier molecular flexibility index (Phi) is 4.33. The molecule has 2 aromatic rings. The molecule has 2 rings (SSSR count). The van der Waals surface area contributed by atoms with Crippen molar-refractivity contribution in [2.45, 2.75) is 33.4 Å². The summed E-state index contributed by atoms with van der Waals surface area (Å²) in [6.45, 7) is 6.21. The molecular weight excluding hydrogens is 242 g/mol. The van der Waals surface area contributed by atoms with E-state index < -0.39 is 0 Å². The Morgan fingerprint density at radius 1 is 1.26 bits per heavy atom. The summed E-state index contributed by atoms with van der Waals surface area (Å²) >= 11 is 0. The molecule has 0 aromatic carbocycles. The zero-order chi connectivity index (χ0) is 13.7. The molecule has 0 aliphatic rings. The van der Waals surface area contributed by atoms with Crippen LogP contribution in [0, 0.1) is 6.92 Å². The number of hydrogen-bond acceptors (Lipinski definition) is 3. The molecule has 0 aliphatic carbocycles. The van der Waals surface area contributed by atoms with E-state index in [9.17, 15) is 4.79 Å². The largest absolute Gasteiger partial charge is 0.352 e. The molecule has 0 saturated carbocycles. The molecule has 0 fully saturated rings. The first-order valence-corrected chi connectivity index (χ1v) is 6.48. The Morgan fingerprint density at radius 2 is 2.05 bits per heavy atom. The average molecular weight is 261 g/mol. The summed E-state index contributed by atoms with van der Waals surface area (Å²) in [5.41, 5.74) is 1.76. The van der Waals surface area contributed by atoms with Gasteiger partial charge in [-0.25, -0.2) is 0 Å². The van der Waals surface area contributed by atoms with Gasteiger partial charge in [0.1, 0.15) is 0 Å². The molecule has 102 valence electrons. The number of aryl methyl sites for hydroxylation is 3. The Balaban J connectivity index is 1.72. The van der Waals surface area contributed by atoms with Crippen LogP contribution < -0.4 is 5.32 Å². The van der Waals surface area contributed by atoms with Crippen molar-refractivity contribution in [2.75, 3.05) is 6.54 Å². The first kappa shape index (κ1) is 13.3. The van der Waals surface area contributed by atoms with Crippen molar-refractivity contribution in [1.29, 1.82) is 0 Å². The summed E-state index contributed by atoms with van der Waals surface area (Å²) in [4.78, 5) is 11.8. The molecule has 1 N–H and O–H groups in total. The van der Waals surface area contributed by atoms with E-state index >= 15 is 0 Å². The highest BCUT2D eigenvalue weighted by Gasteiger charge is 2.07. The van der Waals surface area contributed by atoms with Gasteiger partial charge in [0.2, 0.25) is 0 Å². The van der Waals surface area contributed by atoms with Crippen LogP contribution in [0.25, 0.3) is 0 Å². The fourth-order valence-corrected chi connectivity index (χ4v) is 1.79. The molecule has 0 saturated heterocycles. The molecule has 2 heterocycles. The number of rotatable bonds is 6. The van der Waals surface area contributed by atoms with E-state index in [0.717, 1.165) is 25.1 Å². The minimum absolute atomic E-state index is 0.0728. The fourth-order valence-electron chi connectivity index (χ4n) is 1.79. The van der Waals surface area contributed by atoms with E-state index in [4.69, 9.17) is 0 Å². The van der Waals surface area contributed by atoms with E-state index in [1.807, 2.05) is 30.9 Å². The van der Waals surface area contributed by atoms with E-state index in [2.05, 4.69) is 15.5 Å². The van der Waals surface area contributed by atoms with Crippen LogP contribution in [-0.4, -0.2) is 32.0 Å². The zero-order valence-electron chi connectivity index (χ0n) is 11.3. The second kappa shape index (κ2) is 6.17. The van der Waals surface area contributed by atoms with Crippen molar-refractivity contribution in [1.82, 2.24) is 24.9 Å². The second-order valence-corrected chi connectivity index (χ2v) is 4.47. The monoisotopic (exact) mass is 261 g/mol. The van der Waals surface area contributed by atoms with Gasteiger partial charge in [-0.15, -0.1) is 0 Å². The summed E-state index contributed by atoms with van der Waals surface area (Å²) in [5.74, 6) is -0.0728. The van der Waals surface area contributed by atoms with Gasteiger partial charge >= 0.3 is 0 Å². The maximum Gasteiger partial charge on any atom is 0.254 e. The van der Waals surface area contributed by atoms with Crippen LogP contribution in [0.3, 0.4) is 0 Å². The first-order chi connectivity index (χ1) is 9.19. The predicted octanol–water partition coefficient (Wildman–Crippen LogP) is 1.23. The molecule has 0 unspecified atom stereocenters. The third-order valence-corrected chi connectivity index (χ3v) is 2.83. The number of amides is 1. The van der Waals surface area contributed by atoms with Crippen LogP contribution >= 0.6 is 0 Å². The summed E-state index contributed by atoms with van der Waals surface area (Å²) < 4.78 is 3.62. The lowest BCUT2D eigenvalue weighted by atomic mass is 10.3. The average Bonchev–Trinajstić information content (AvgIpc) is 3.03. The zero-order valence-corrected chi connectivity index (χ0v) is 11.3. The maximum atomic E-state index is 11.8. The lowest BCUT2D eigenvalue weighted by Crippen LogP contribution is -2.25. The Labute approximate surface area is 112 Å². The van der Waals surface area contributed by atoms with Gasteiger partial charge in [-0.1, -0.05) is 0 Å². The van der Waals surface area contributed by atoms with E-state index in [0.29, 0.717) is 12.1 Å². The normalized spacial score (nSPS) is 10.6. The quantitative estimate of drug-likeness (QED) is 0.795. The van der Waals surface area contributed by atoms with Crippen molar-refractivity contribution in [3.8, 4) is 0 Å². The molecule has 0 bridgehead atoms. The summed E-state index contributed by atoms with van der Waals surface area (Å²) in [6.07, 6.45) is 8.03. The van der Waals surface area contributed by atoms with Crippen LogP contribution in [-0.2, 0) is 13.1 Å². The summed E-state index contributed by atoms with van der Waals surface area (Å²) in [6, 6.07) is 0. The molecule has 6 nitrogen and oxygen atoms in total. The number of nitrogens with zero attached hydrogens (tertiary/aromatic N) is 4. The van der Waals surface area contributed by atoms with Gasteiger partial charge < -0.3 is 5.32 Å². The van der Waals surface area contributed by atoms with Crippen molar-refractivity contribution < 1.29 is 4.79 Å². The lowest BCUT2D eigenvalue weighted by molar-refractivity contribution is 0.0952. The lowest BCUT2D eigenvalue weighted by Gasteiger charge is -2.03. The maximum absolute atomic E-state index is 11.8. The number of carbonyl (C=O) groups excluding carboxylic acids is 1. The predicted molar refractivity (Wildman–Crippen MR) is 71.8 cm³/mol. The highest BCUT2D eigenvalue weighted by molar-refractivity contribution is 5.93. The summed E-state index contributed by atoms with van der Waals surface area (Å²) in [7, 11) is 0. The number of carbonyl (C=O) groups is 1. The summed E-state index contributed by atoms with van der Waals surface area (Å²) in [5, 5.41) is 11.2. The van der Waals surface area contributed by atoms with Gasteiger partial charge in [-0.05, 0) is 25.8 Å². The first-order valence-electron chi connectivity index (χ1n) is 6.48. The van der Waals surface area contributed by atoms with Crippen LogP contribution in [0.2, 0.25) is 0 Å². The SMILES string of the molecule is CCn1cc(C(=O)NCCCn2cc(C)cn2)cn1. The third-order valence-electron chi connectivity index (χ3n) is 2.83. The molecular formula is C13H19N5O. The molecule has 6 heteroatoms. The Bertz CT molecular complexity index is 543. The van der Waals surface area contributed by atoms with Crippen molar-refractivity contribution in [2.24, 2.45) is 0 Å². The third kappa shape index (κ3) is 3.67. The second-order valence-electron chi connectivity index (χ2n) is 4.47. The van der Waals surface area contributed by atoms with Gasteiger partial charge in [-0.2, -0.15) is 10.2 Å².